The Balaban J connectivity index is 1.35. The van der Waals surface area contributed by atoms with Gasteiger partial charge in [-0.3, -0.25) is 4.79 Å². The first-order valence-electron chi connectivity index (χ1n) is 16.5. The van der Waals surface area contributed by atoms with Gasteiger partial charge in [-0.2, -0.15) is 5.26 Å². The van der Waals surface area contributed by atoms with Crippen LogP contribution in [-0.4, -0.2) is 58.6 Å². The minimum Gasteiger partial charge on any atom is -0.378 e. The second-order valence-electron chi connectivity index (χ2n) is 12.8. The smallest absolute Gasteiger partial charge is 0.226 e. The predicted molar refractivity (Wildman–Crippen MR) is 186 cm³/mol. The van der Waals surface area contributed by atoms with E-state index in [0.717, 1.165) is 73.3 Å². The molecule has 48 heavy (non-hydrogen) atoms. The second-order valence-corrected chi connectivity index (χ2v) is 13.6. The first kappa shape index (κ1) is 31.1. The van der Waals surface area contributed by atoms with Crippen LogP contribution in [0.5, 0.6) is 0 Å². The van der Waals surface area contributed by atoms with Crippen molar-refractivity contribution in [2.24, 2.45) is 5.92 Å². The summed E-state index contributed by atoms with van der Waals surface area (Å²) in [4.78, 5) is 30.9. The van der Waals surface area contributed by atoms with Gasteiger partial charge in [0.1, 0.15) is 11.3 Å². The van der Waals surface area contributed by atoms with Gasteiger partial charge in [-0.05, 0) is 68.0 Å². The molecule has 3 aromatic heterocycles. The third-order valence-electron chi connectivity index (χ3n) is 9.81. The number of ether oxygens (including phenoxy) is 1. The van der Waals surface area contributed by atoms with Crippen LogP contribution >= 0.6 is 23.2 Å². The summed E-state index contributed by atoms with van der Waals surface area (Å²) in [5.41, 5.74) is 4.52. The highest BCUT2D eigenvalue weighted by Crippen LogP contribution is 2.44. The molecule has 0 radical (unpaired) electrons. The van der Waals surface area contributed by atoms with Crippen molar-refractivity contribution in [3.05, 3.63) is 75.8 Å². The number of pyridine rings is 2. The standard InChI is InChI=1S/C37H33Cl2FN6O2/c38-27-6-1-5-24(32(27)39)31-22(4-2-12-41)18-25-35-26(19-28(43-35)29-7-3-13-46(29)37(47)21-8-9-21)34(44-36(25)33(31)40)23-10-11-30(42-20-23)45-14-16-48-17-15-45/h1,5-6,10-11,18-21,29,43H,2-4,7-9,13-17H2. The number of carbonyl (C=O) groups is 1. The van der Waals surface area contributed by atoms with Gasteiger partial charge in [-0.25, -0.2) is 14.4 Å². The molecule has 244 valence electrons. The lowest BCUT2D eigenvalue weighted by Gasteiger charge is -2.27. The van der Waals surface area contributed by atoms with Crippen LogP contribution in [0.15, 0.2) is 48.7 Å². The average molecular weight is 684 g/mol. The summed E-state index contributed by atoms with van der Waals surface area (Å²) in [6.07, 6.45) is 5.97. The maximum absolute atomic E-state index is 17.1. The zero-order chi connectivity index (χ0) is 32.9. The fourth-order valence-corrected chi connectivity index (χ4v) is 7.63. The first-order chi connectivity index (χ1) is 23.4. The maximum Gasteiger partial charge on any atom is 0.226 e. The molecule has 2 aromatic carbocycles. The number of nitriles is 1. The lowest BCUT2D eigenvalue weighted by molar-refractivity contribution is -0.133. The molecule has 1 amide bonds. The Bertz CT molecular complexity index is 2100. The van der Waals surface area contributed by atoms with Crippen LogP contribution in [0.3, 0.4) is 0 Å². The summed E-state index contributed by atoms with van der Waals surface area (Å²) >= 11 is 13.1. The van der Waals surface area contributed by atoms with Crippen molar-refractivity contribution in [3.8, 4) is 28.5 Å². The Labute approximate surface area is 287 Å². The van der Waals surface area contributed by atoms with Crippen LogP contribution in [0.25, 0.3) is 44.2 Å². The maximum atomic E-state index is 17.1. The van der Waals surface area contributed by atoms with E-state index in [2.05, 4.69) is 22.0 Å². The normalized spacial score (nSPS) is 18.2. The van der Waals surface area contributed by atoms with E-state index in [-0.39, 0.29) is 40.4 Å². The lowest BCUT2D eigenvalue weighted by Crippen LogP contribution is -2.36. The molecule has 11 heteroatoms. The zero-order valence-corrected chi connectivity index (χ0v) is 27.7. The summed E-state index contributed by atoms with van der Waals surface area (Å²) in [5, 5.41) is 11.5. The number of rotatable bonds is 7. The molecule has 2 aliphatic heterocycles. The number of aromatic nitrogens is 3. The Hall–Kier alpha value is -4.23. The monoisotopic (exact) mass is 682 g/mol. The van der Waals surface area contributed by atoms with Crippen LogP contribution in [0.4, 0.5) is 10.2 Å². The van der Waals surface area contributed by atoms with Gasteiger partial charge < -0.3 is 19.5 Å². The molecule has 1 unspecified atom stereocenters. The summed E-state index contributed by atoms with van der Waals surface area (Å²) in [6.45, 7) is 3.55. The van der Waals surface area contributed by atoms with E-state index in [9.17, 15) is 10.1 Å². The third-order valence-corrected chi connectivity index (χ3v) is 10.6. The molecule has 1 N–H and O–H groups in total. The molecule has 3 aliphatic rings. The molecular weight excluding hydrogens is 650 g/mol. The number of benzene rings is 2. The van der Waals surface area contributed by atoms with Crippen LogP contribution in [-0.2, 0) is 16.0 Å². The first-order valence-corrected chi connectivity index (χ1v) is 17.3. The summed E-state index contributed by atoms with van der Waals surface area (Å²) in [7, 11) is 0. The summed E-state index contributed by atoms with van der Waals surface area (Å²) < 4.78 is 22.6. The predicted octanol–water partition coefficient (Wildman–Crippen LogP) is 8.26. The fourth-order valence-electron chi connectivity index (χ4n) is 7.24. The number of amides is 1. The SMILES string of the molecule is N#CCCc1cc2c(nc(-c3ccc(N4CCOCC4)nc3)c3cc(C4CCCN4C(=O)C4CC4)[nH]c32)c(F)c1-c1cccc(Cl)c1Cl. The minimum absolute atomic E-state index is 0.0948. The quantitative estimate of drug-likeness (QED) is 0.186. The number of nitrogens with one attached hydrogen (secondary N) is 1. The van der Waals surface area contributed by atoms with E-state index in [0.29, 0.717) is 46.9 Å². The Morgan fingerprint density at radius 3 is 2.67 bits per heavy atom. The van der Waals surface area contributed by atoms with Gasteiger partial charge in [0.2, 0.25) is 5.91 Å². The highest BCUT2D eigenvalue weighted by atomic mass is 35.5. The molecule has 3 fully saturated rings. The summed E-state index contributed by atoms with van der Waals surface area (Å²) in [6, 6.07) is 15.2. The number of hydrogen-bond donors (Lipinski definition) is 1. The topological polar surface area (TPSA) is 98.1 Å². The van der Waals surface area contributed by atoms with Crippen molar-refractivity contribution in [2.75, 3.05) is 37.7 Å². The Kier molecular flexibility index (Phi) is 8.19. The molecule has 2 saturated heterocycles. The zero-order valence-electron chi connectivity index (χ0n) is 26.2. The fraction of sp³-hybridized carbons (Fsp3) is 0.351. The van der Waals surface area contributed by atoms with E-state index in [1.807, 2.05) is 23.1 Å². The molecule has 5 aromatic rings. The number of aryl methyl sites for hydroxylation is 1. The third kappa shape index (κ3) is 5.46. The van der Waals surface area contributed by atoms with Gasteiger partial charge in [0.05, 0.1) is 46.6 Å². The number of likely N-dealkylation sites (tertiary alicyclic amines) is 1. The molecule has 8 rings (SSSR count). The van der Waals surface area contributed by atoms with Crippen molar-refractivity contribution in [2.45, 2.75) is 44.6 Å². The molecule has 0 spiro atoms. The highest BCUT2D eigenvalue weighted by molar-refractivity contribution is 6.43. The van der Waals surface area contributed by atoms with Gasteiger partial charge in [0.15, 0.2) is 5.82 Å². The van der Waals surface area contributed by atoms with Crippen molar-refractivity contribution in [3.63, 3.8) is 0 Å². The van der Waals surface area contributed by atoms with Gasteiger partial charge in [-0.1, -0.05) is 35.3 Å². The van der Waals surface area contributed by atoms with Gasteiger partial charge in [-0.15, -0.1) is 0 Å². The number of fused-ring (bicyclic) bond motifs is 3. The minimum atomic E-state index is -0.534. The van der Waals surface area contributed by atoms with E-state index < -0.39 is 5.82 Å². The Morgan fingerprint density at radius 2 is 1.92 bits per heavy atom. The van der Waals surface area contributed by atoms with Crippen LogP contribution in [0, 0.1) is 23.1 Å². The van der Waals surface area contributed by atoms with Crippen LogP contribution in [0.1, 0.15) is 49.4 Å². The van der Waals surface area contributed by atoms with Crippen molar-refractivity contribution in [1.29, 1.82) is 5.26 Å². The van der Waals surface area contributed by atoms with Gasteiger partial charge >= 0.3 is 0 Å². The number of H-pyrrole nitrogens is 1. The molecule has 0 bridgehead atoms. The molecule has 1 saturated carbocycles. The molecule has 5 heterocycles. The number of halogens is 3. The average Bonchev–Trinajstić information content (AvgIpc) is 3.68. The van der Waals surface area contributed by atoms with E-state index in [4.69, 9.17) is 37.9 Å². The van der Waals surface area contributed by atoms with Crippen molar-refractivity contribution >= 4 is 56.7 Å². The van der Waals surface area contributed by atoms with Gasteiger partial charge in [0, 0.05) is 71.3 Å². The number of nitrogens with zero attached hydrogens (tertiary/aromatic N) is 5. The number of aromatic amines is 1. The van der Waals surface area contributed by atoms with E-state index in [1.54, 1.807) is 24.4 Å². The van der Waals surface area contributed by atoms with E-state index >= 15 is 4.39 Å². The van der Waals surface area contributed by atoms with Crippen LogP contribution < -0.4 is 4.90 Å². The number of hydrogen-bond acceptors (Lipinski definition) is 6. The van der Waals surface area contributed by atoms with E-state index in [1.165, 1.54) is 0 Å². The number of anilines is 1. The molecule has 8 nitrogen and oxygen atoms in total. The molecule has 1 atom stereocenters. The lowest BCUT2D eigenvalue weighted by atomic mass is 9.93. The summed E-state index contributed by atoms with van der Waals surface area (Å²) in [5.74, 6) is 0.654. The highest BCUT2D eigenvalue weighted by Gasteiger charge is 2.39. The van der Waals surface area contributed by atoms with Crippen molar-refractivity contribution in [1.82, 2.24) is 19.9 Å². The van der Waals surface area contributed by atoms with Crippen molar-refractivity contribution < 1.29 is 13.9 Å². The number of carbonyl (C=O) groups excluding carboxylic acids is 1. The second kappa shape index (κ2) is 12.7. The molecular formula is C37H33Cl2FN6O2. The van der Waals surface area contributed by atoms with Crippen LogP contribution in [0.2, 0.25) is 10.0 Å². The molecule has 1 aliphatic carbocycles. The van der Waals surface area contributed by atoms with Gasteiger partial charge in [0.25, 0.3) is 0 Å². The number of morpholine rings is 1. The largest absolute Gasteiger partial charge is 0.378 e. The Morgan fingerprint density at radius 1 is 1.08 bits per heavy atom.